The highest BCUT2D eigenvalue weighted by molar-refractivity contribution is 5.92. The van der Waals surface area contributed by atoms with E-state index in [0.29, 0.717) is 11.7 Å². The van der Waals surface area contributed by atoms with Gasteiger partial charge in [-0.3, -0.25) is 14.7 Å². The molecule has 2 aliphatic heterocycles. The van der Waals surface area contributed by atoms with E-state index in [0.717, 1.165) is 64.6 Å². The first-order valence-corrected chi connectivity index (χ1v) is 9.33. The molecule has 0 spiro atoms. The van der Waals surface area contributed by atoms with Crippen molar-refractivity contribution in [3.05, 3.63) is 18.1 Å². The second-order valence-corrected chi connectivity index (χ2v) is 7.33. The van der Waals surface area contributed by atoms with Gasteiger partial charge >= 0.3 is 0 Å². The lowest BCUT2D eigenvalue weighted by molar-refractivity contribution is 0.0658. The third kappa shape index (κ3) is 4.46. The quantitative estimate of drug-likeness (QED) is 0.806. The molecule has 3 rings (SSSR count). The summed E-state index contributed by atoms with van der Waals surface area (Å²) in [5.74, 6) is 0.826. The summed E-state index contributed by atoms with van der Waals surface area (Å²) in [6.07, 6.45) is 4.49. The van der Waals surface area contributed by atoms with Crippen molar-refractivity contribution in [2.45, 2.75) is 26.3 Å². The SMILES string of the molecule is CC(C)N1CCCN(c2cncc(C(=O)N3CCN(C)CC3)n2)CC1. The number of anilines is 1. The molecule has 0 atom stereocenters. The number of carbonyl (C=O) groups is 1. The van der Waals surface area contributed by atoms with Crippen LogP contribution in [-0.2, 0) is 0 Å². The van der Waals surface area contributed by atoms with Crippen LogP contribution in [0.2, 0.25) is 0 Å². The lowest BCUT2D eigenvalue weighted by Gasteiger charge is -2.32. The summed E-state index contributed by atoms with van der Waals surface area (Å²) >= 11 is 0. The van der Waals surface area contributed by atoms with Crippen molar-refractivity contribution in [2.24, 2.45) is 0 Å². The highest BCUT2D eigenvalue weighted by Gasteiger charge is 2.23. The van der Waals surface area contributed by atoms with Crippen molar-refractivity contribution in [1.82, 2.24) is 24.7 Å². The number of aromatic nitrogens is 2. The van der Waals surface area contributed by atoms with E-state index < -0.39 is 0 Å². The Morgan fingerprint density at radius 3 is 2.48 bits per heavy atom. The fourth-order valence-corrected chi connectivity index (χ4v) is 3.47. The molecular formula is C18H30N6O. The molecule has 25 heavy (non-hydrogen) atoms. The average molecular weight is 346 g/mol. The van der Waals surface area contributed by atoms with Gasteiger partial charge in [-0.1, -0.05) is 0 Å². The van der Waals surface area contributed by atoms with Gasteiger partial charge in [0.2, 0.25) is 0 Å². The van der Waals surface area contributed by atoms with E-state index in [1.165, 1.54) is 0 Å². The Morgan fingerprint density at radius 1 is 1.00 bits per heavy atom. The molecule has 0 aromatic carbocycles. The molecule has 0 saturated carbocycles. The third-order valence-electron chi connectivity index (χ3n) is 5.22. The van der Waals surface area contributed by atoms with Crippen LogP contribution in [0, 0.1) is 0 Å². The monoisotopic (exact) mass is 346 g/mol. The molecule has 1 amide bonds. The molecule has 1 aromatic heterocycles. The Kier molecular flexibility index (Phi) is 5.86. The topological polar surface area (TPSA) is 55.8 Å². The molecule has 3 heterocycles. The number of hydrogen-bond acceptors (Lipinski definition) is 6. The average Bonchev–Trinajstić information content (AvgIpc) is 2.88. The van der Waals surface area contributed by atoms with Crippen molar-refractivity contribution in [3.63, 3.8) is 0 Å². The van der Waals surface area contributed by atoms with Gasteiger partial charge in [0.25, 0.3) is 5.91 Å². The summed E-state index contributed by atoms with van der Waals surface area (Å²) in [5, 5.41) is 0. The Bertz CT molecular complexity index is 585. The van der Waals surface area contributed by atoms with Gasteiger partial charge < -0.3 is 14.7 Å². The highest BCUT2D eigenvalue weighted by Crippen LogP contribution is 2.15. The Labute approximate surface area is 150 Å². The van der Waals surface area contributed by atoms with Gasteiger partial charge in [-0.15, -0.1) is 0 Å². The summed E-state index contributed by atoms with van der Waals surface area (Å²) < 4.78 is 0. The van der Waals surface area contributed by atoms with Crippen molar-refractivity contribution < 1.29 is 4.79 Å². The van der Waals surface area contributed by atoms with Crippen molar-refractivity contribution in [1.29, 1.82) is 0 Å². The number of hydrogen-bond donors (Lipinski definition) is 0. The molecule has 2 aliphatic rings. The summed E-state index contributed by atoms with van der Waals surface area (Å²) in [7, 11) is 2.09. The number of nitrogens with zero attached hydrogens (tertiary/aromatic N) is 6. The van der Waals surface area contributed by atoms with E-state index in [9.17, 15) is 4.79 Å². The first-order valence-electron chi connectivity index (χ1n) is 9.33. The number of carbonyl (C=O) groups excluding carboxylic acids is 1. The maximum Gasteiger partial charge on any atom is 0.274 e. The van der Waals surface area contributed by atoms with Gasteiger partial charge in [0, 0.05) is 58.4 Å². The van der Waals surface area contributed by atoms with Crippen LogP contribution < -0.4 is 4.90 Å². The van der Waals surface area contributed by atoms with Crippen molar-refractivity contribution in [2.75, 3.05) is 64.3 Å². The molecule has 7 nitrogen and oxygen atoms in total. The van der Waals surface area contributed by atoms with Crippen LogP contribution in [0.15, 0.2) is 12.4 Å². The molecule has 2 fully saturated rings. The van der Waals surface area contributed by atoms with Crippen LogP contribution in [0.3, 0.4) is 0 Å². The van der Waals surface area contributed by atoms with E-state index in [4.69, 9.17) is 0 Å². The molecule has 1 aromatic rings. The van der Waals surface area contributed by atoms with E-state index in [1.807, 2.05) is 4.90 Å². The minimum atomic E-state index is 0.000999. The Balaban J connectivity index is 1.68. The largest absolute Gasteiger partial charge is 0.354 e. The summed E-state index contributed by atoms with van der Waals surface area (Å²) in [5.41, 5.74) is 0.465. The lowest BCUT2D eigenvalue weighted by Crippen LogP contribution is -2.47. The van der Waals surface area contributed by atoms with E-state index in [1.54, 1.807) is 12.4 Å². The van der Waals surface area contributed by atoms with Gasteiger partial charge in [0.15, 0.2) is 0 Å². The first kappa shape index (κ1) is 18.1. The van der Waals surface area contributed by atoms with E-state index >= 15 is 0 Å². The molecular weight excluding hydrogens is 316 g/mol. The highest BCUT2D eigenvalue weighted by atomic mass is 16.2. The lowest BCUT2D eigenvalue weighted by atomic mass is 10.3. The second kappa shape index (κ2) is 8.10. The van der Waals surface area contributed by atoms with Crippen molar-refractivity contribution >= 4 is 11.7 Å². The van der Waals surface area contributed by atoms with Crippen LogP contribution in [0.1, 0.15) is 30.8 Å². The zero-order valence-corrected chi connectivity index (χ0v) is 15.7. The third-order valence-corrected chi connectivity index (χ3v) is 5.22. The van der Waals surface area contributed by atoms with E-state index in [2.05, 4.69) is 45.6 Å². The minimum absolute atomic E-state index is 0.000999. The number of likely N-dealkylation sites (N-methyl/N-ethyl adjacent to an activating group) is 1. The Morgan fingerprint density at radius 2 is 1.76 bits per heavy atom. The van der Waals surface area contributed by atoms with Crippen molar-refractivity contribution in [3.8, 4) is 0 Å². The second-order valence-electron chi connectivity index (χ2n) is 7.33. The smallest absolute Gasteiger partial charge is 0.274 e. The summed E-state index contributed by atoms with van der Waals surface area (Å²) in [4.78, 5) is 30.5. The predicted molar refractivity (Wildman–Crippen MR) is 99.0 cm³/mol. The van der Waals surface area contributed by atoms with Crippen LogP contribution >= 0.6 is 0 Å². The molecule has 0 radical (unpaired) electrons. The number of rotatable bonds is 3. The summed E-state index contributed by atoms with van der Waals surface area (Å²) in [6.45, 7) is 11.9. The number of piperazine rings is 1. The van der Waals surface area contributed by atoms with Crippen LogP contribution in [0.25, 0.3) is 0 Å². The van der Waals surface area contributed by atoms with Gasteiger partial charge in [-0.05, 0) is 27.3 Å². The van der Waals surface area contributed by atoms with Crippen LogP contribution in [0.4, 0.5) is 5.82 Å². The maximum absolute atomic E-state index is 12.7. The molecule has 0 unspecified atom stereocenters. The zero-order chi connectivity index (χ0) is 17.8. The fourth-order valence-electron chi connectivity index (χ4n) is 3.47. The van der Waals surface area contributed by atoms with Gasteiger partial charge in [0.1, 0.15) is 11.5 Å². The Hall–Kier alpha value is -1.73. The summed E-state index contributed by atoms with van der Waals surface area (Å²) in [6, 6.07) is 0.566. The van der Waals surface area contributed by atoms with E-state index in [-0.39, 0.29) is 5.91 Å². The van der Waals surface area contributed by atoms with Crippen LogP contribution in [-0.4, -0.2) is 96.0 Å². The normalized spacial score (nSPS) is 20.8. The zero-order valence-electron chi connectivity index (χ0n) is 15.7. The molecule has 0 aliphatic carbocycles. The molecule has 7 heteroatoms. The molecule has 0 N–H and O–H groups in total. The maximum atomic E-state index is 12.7. The first-order chi connectivity index (χ1) is 12.0. The predicted octanol–water partition coefficient (Wildman–Crippen LogP) is 0.785. The number of amides is 1. The fraction of sp³-hybridized carbons (Fsp3) is 0.722. The van der Waals surface area contributed by atoms with Crippen LogP contribution in [0.5, 0.6) is 0 Å². The standard InChI is InChI=1S/C18H30N6O/c1-15(2)22-5-4-6-23(12-11-22)17-14-19-13-16(20-17)18(25)24-9-7-21(3)8-10-24/h13-15H,4-12H2,1-3H3. The van der Waals surface area contributed by atoms with Gasteiger partial charge in [-0.25, -0.2) is 4.98 Å². The molecule has 138 valence electrons. The minimum Gasteiger partial charge on any atom is -0.354 e. The van der Waals surface area contributed by atoms with Gasteiger partial charge in [0.05, 0.1) is 12.4 Å². The molecule has 0 bridgehead atoms. The van der Waals surface area contributed by atoms with Gasteiger partial charge in [-0.2, -0.15) is 0 Å². The molecule has 2 saturated heterocycles.